The van der Waals surface area contributed by atoms with Crippen molar-refractivity contribution in [3.05, 3.63) is 29.8 Å². The second-order valence-corrected chi connectivity index (χ2v) is 4.64. The first-order valence-electron chi connectivity index (χ1n) is 6.40. The van der Waals surface area contributed by atoms with Gasteiger partial charge in [-0.3, -0.25) is 9.59 Å². The van der Waals surface area contributed by atoms with Crippen LogP contribution < -0.4 is 10.2 Å². The van der Waals surface area contributed by atoms with Crippen LogP contribution in [0.1, 0.15) is 23.7 Å². The molecule has 1 saturated heterocycles. The van der Waals surface area contributed by atoms with Crippen LogP contribution in [-0.4, -0.2) is 42.5 Å². The Balaban J connectivity index is 2.30. The van der Waals surface area contributed by atoms with Crippen molar-refractivity contribution in [2.45, 2.75) is 19.4 Å². The van der Waals surface area contributed by atoms with Crippen LogP contribution in [0.4, 0.5) is 5.69 Å². The van der Waals surface area contributed by atoms with Crippen LogP contribution >= 0.6 is 0 Å². The Labute approximate surface area is 112 Å². The third kappa shape index (κ3) is 3.00. The molecule has 1 aromatic rings. The molecule has 0 bridgehead atoms. The monoisotopic (exact) mass is 262 g/mol. The van der Waals surface area contributed by atoms with Gasteiger partial charge in [0.1, 0.15) is 6.04 Å². The number of amides is 1. The van der Waals surface area contributed by atoms with Gasteiger partial charge in [0.05, 0.1) is 6.61 Å². The summed E-state index contributed by atoms with van der Waals surface area (Å²) in [5.74, 6) is -0.179. The van der Waals surface area contributed by atoms with Crippen LogP contribution in [0.2, 0.25) is 0 Å². The Morgan fingerprint density at radius 2 is 2.32 bits per heavy atom. The summed E-state index contributed by atoms with van der Waals surface area (Å²) in [7, 11) is 0. The van der Waals surface area contributed by atoms with Crippen molar-refractivity contribution in [2.75, 3.05) is 24.6 Å². The number of carbonyl (C=O) groups excluding carboxylic acids is 2. The van der Waals surface area contributed by atoms with Gasteiger partial charge >= 0.3 is 0 Å². The van der Waals surface area contributed by atoms with Gasteiger partial charge < -0.3 is 15.3 Å². The molecule has 2 rings (SSSR count). The molecule has 1 aliphatic rings. The zero-order valence-electron chi connectivity index (χ0n) is 10.9. The lowest BCUT2D eigenvalue weighted by Gasteiger charge is -2.23. The van der Waals surface area contributed by atoms with E-state index < -0.39 is 6.04 Å². The van der Waals surface area contributed by atoms with Crippen molar-refractivity contribution in [1.29, 1.82) is 0 Å². The molecule has 19 heavy (non-hydrogen) atoms. The zero-order chi connectivity index (χ0) is 13.8. The van der Waals surface area contributed by atoms with E-state index >= 15 is 0 Å². The molecule has 1 heterocycles. The number of nitrogens with one attached hydrogen (secondary N) is 1. The fourth-order valence-electron chi connectivity index (χ4n) is 2.19. The molecule has 5 heteroatoms. The summed E-state index contributed by atoms with van der Waals surface area (Å²) in [5, 5.41) is 12.2. The highest BCUT2D eigenvalue weighted by Gasteiger charge is 2.27. The van der Waals surface area contributed by atoms with Gasteiger partial charge in [-0.2, -0.15) is 0 Å². The predicted octanol–water partition coefficient (Wildman–Crippen LogP) is 0.576. The van der Waals surface area contributed by atoms with Gasteiger partial charge in [0, 0.05) is 17.8 Å². The van der Waals surface area contributed by atoms with Crippen LogP contribution in [0.3, 0.4) is 0 Å². The second kappa shape index (κ2) is 5.95. The lowest BCUT2D eigenvalue weighted by atomic mass is 10.1. The van der Waals surface area contributed by atoms with E-state index in [4.69, 9.17) is 0 Å². The summed E-state index contributed by atoms with van der Waals surface area (Å²) in [6, 6.07) is 6.47. The Kier molecular flexibility index (Phi) is 4.29. The average Bonchev–Trinajstić information content (AvgIpc) is 2.60. The standard InChI is InChI=1S/C14H18N2O3/c1-10(18)11-4-2-5-12(8-11)16-7-3-6-15-13(9-17)14(16)19/h2,4-5,8,13,15,17H,3,6-7,9H2,1H3. The van der Waals surface area contributed by atoms with E-state index in [1.54, 1.807) is 23.1 Å². The minimum Gasteiger partial charge on any atom is -0.394 e. The SMILES string of the molecule is CC(=O)c1cccc(N2CCCNC(CO)C2=O)c1. The quantitative estimate of drug-likeness (QED) is 0.782. The van der Waals surface area contributed by atoms with Crippen molar-refractivity contribution in [3.63, 3.8) is 0 Å². The minimum atomic E-state index is -0.566. The predicted molar refractivity (Wildman–Crippen MR) is 72.3 cm³/mol. The number of hydrogen-bond donors (Lipinski definition) is 2. The highest BCUT2D eigenvalue weighted by molar-refractivity contribution is 6.00. The topological polar surface area (TPSA) is 69.6 Å². The van der Waals surface area contributed by atoms with E-state index in [9.17, 15) is 14.7 Å². The van der Waals surface area contributed by atoms with Crippen molar-refractivity contribution in [2.24, 2.45) is 0 Å². The first-order valence-corrected chi connectivity index (χ1v) is 6.40. The van der Waals surface area contributed by atoms with Crippen molar-refractivity contribution in [1.82, 2.24) is 5.32 Å². The maximum absolute atomic E-state index is 12.3. The first-order chi connectivity index (χ1) is 9.13. The molecule has 102 valence electrons. The molecular weight excluding hydrogens is 244 g/mol. The van der Waals surface area contributed by atoms with Gasteiger partial charge in [-0.05, 0) is 32.0 Å². The maximum Gasteiger partial charge on any atom is 0.246 e. The molecule has 0 spiro atoms. The van der Waals surface area contributed by atoms with Gasteiger partial charge in [-0.25, -0.2) is 0 Å². The molecule has 0 aliphatic carbocycles. The number of nitrogens with zero attached hydrogens (tertiary/aromatic N) is 1. The minimum absolute atomic E-state index is 0.0269. The molecule has 0 saturated carbocycles. The molecule has 1 amide bonds. The summed E-state index contributed by atoms with van der Waals surface area (Å²) >= 11 is 0. The van der Waals surface area contributed by atoms with Gasteiger partial charge in [0.15, 0.2) is 5.78 Å². The van der Waals surface area contributed by atoms with Crippen molar-refractivity contribution in [3.8, 4) is 0 Å². The van der Waals surface area contributed by atoms with Crippen LogP contribution in [0, 0.1) is 0 Å². The van der Waals surface area contributed by atoms with Crippen molar-refractivity contribution < 1.29 is 14.7 Å². The number of ketones is 1. The van der Waals surface area contributed by atoms with Crippen LogP contribution in [0.5, 0.6) is 0 Å². The largest absolute Gasteiger partial charge is 0.394 e. The number of anilines is 1. The Morgan fingerprint density at radius 1 is 1.53 bits per heavy atom. The lowest BCUT2D eigenvalue weighted by molar-refractivity contribution is -0.121. The van der Waals surface area contributed by atoms with E-state index in [0.717, 1.165) is 6.42 Å². The molecule has 0 aromatic heterocycles. The Hall–Kier alpha value is -1.72. The molecule has 1 atom stereocenters. The summed E-state index contributed by atoms with van der Waals surface area (Å²) in [6.45, 7) is 2.56. The number of aliphatic hydroxyl groups is 1. The molecule has 1 aliphatic heterocycles. The summed E-state index contributed by atoms with van der Waals surface area (Å²) in [6.07, 6.45) is 0.812. The second-order valence-electron chi connectivity index (χ2n) is 4.64. The number of aliphatic hydroxyl groups excluding tert-OH is 1. The normalized spacial score (nSPS) is 20.2. The Bertz CT molecular complexity index is 487. The molecule has 5 nitrogen and oxygen atoms in total. The zero-order valence-corrected chi connectivity index (χ0v) is 10.9. The summed E-state index contributed by atoms with van der Waals surface area (Å²) in [5.41, 5.74) is 1.29. The van der Waals surface area contributed by atoms with Gasteiger partial charge in [-0.1, -0.05) is 12.1 Å². The van der Waals surface area contributed by atoms with Crippen LogP contribution in [0.25, 0.3) is 0 Å². The van der Waals surface area contributed by atoms with Crippen LogP contribution in [-0.2, 0) is 4.79 Å². The molecule has 1 fully saturated rings. The number of benzene rings is 1. The van der Waals surface area contributed by atoms with Crippen LogP contribution in [0.15, 0.2) is 24.3 Å². The molecule has 0 radical (unpaired) electrons. The fourth-order valence-corrected chi connectivity index (χ4v) is 2.19. The number of hydrogen-bond acceptors (Lipinski definition) is 4. The van der Waals surface area contributed by atoms with Gasteiger partial charge in [0.25, 0.3) is 0 Å². The molecule has 1 unspecified atom stereocenters. The smallest absolute Gasteiger partial charge is 0.246 e. The number of Topliss-reactive ketones (excluding diaryl/α,β-unsaturated/α-hetero) is 1. The van der Waals surface area contributed by atoms with E-state index in [1.165, 1.54) is 6.92 Å². The third-order valence-corrected chi connectivity index (χ3v) is 3.26. The number of carbonyl (C=O) groups is 2. The third-order valence-electron chi connectivity index (χ3n) is 3.26. The highest BCUT2D eigenvalue weighted by atomic mass is 16.3. The molecular formula is C14H18N2O3. The van der Waals surface area contributed by atoms with Crippen molar-refractivity contribution >= 4 is 17.4 Å². The fraction of sp³-hybridized carbons (Fsp3) is 0.429. The lowest BCUT2D eigenvalue weighted by Crippen LogP contribution is -2.46. The maximum atomic E-state index is 12.3. The molecule has 1 aromatic carbocycles. The number of rotatable bonds is 3. The summed E-state index contributed by atoms with van der Waals surface area (Å²) in [4.78, 5) is 25.3. The van der Waals surface area contributed by atoms with Gasteiger partial charge in [-0.15, -0.1) is 0 Å². The first kappa shape index (κ1) is 13.7. The van der Waals surface area contributed by atoms with E-state index in [0.29, 0.717) is 24.3 Å². The van der Waals surface area contributed by atoms with Gasteiger partial charge in [0.2, 0.25) is 5.91 Å². The van der Waals surface area contributed by atoms with E-state index in [2.05, 4.69) is 5.32 Å². The highest BCUT2D eigenvalue weighted by Crippen LogP contribution is 2.19. The molecule has 2 N–H and O–H groups in total. The summed E-state index contributed by atoms with van der Waals surface area (Å²) < 4.78 is 0. The average molecular weight is 262 g/mol. The van der Waals surface area contributed by atoms with E-state index in [1.807, 2.05) is 6.07 Å². The Morgan fingerprint density at radius 3 is 3.00 bits per heavy atom. The van der Waals surface area contributed by atoms with E-state index in [-0.39, 0.29) is 18.3 Å².